The van der Waals surface area contributed by atoms with E-state index < -0.39 is 0 Å². The van der Waals surface area contributed by atoms with Crippen LogP contribution in [0.25, 0.3) is 10.3 Å². The number of rotatable bonds is 5. The number of thiazole rings is 1. The predicted molar refractivity (Wildman–Crippen MR) is 115 cm³/mol. The Balaban J connectivity index is 1.52. The number of fused-ring (bicyclic) bond motifs is 1. The fourth-order valence-corrected chi connectivity index (χ4v) is 4.92. The average Bonchev–Trinajstić information content (AvgIpc) is 3.35. The zero-order valence-electron chi connectivity index (χ0n) is 15.8. The maximum Gasteiger partial charge on any atom is 0.273 e. The summed E-state index contributed by atoms with van der Waals surface area (Å²) in [6.07, 6.45) is 2.30. The van der Waals surface area contributed by atoms with Gasteiger partial charge >= 0.3 is 0 Å². The number of nitrogens with zero attached hydrogens (tertiary/aromatic N) is 4. The molecule has 0 spiro atoms. The molecule has 1 amide bonds. The second-order valence-corrected chi connectivity index (χ2v) is 8.67. The van der Waals surface area contributed by atoms with Crippen LogP contribution >= 0.6 is 23.1 Å². The molecule has 3 aromatic rings. The molecular weight excluding hydrogens is 394 g/mol. The molecule has 0 atom stereocenters. The minimum absolute atomic E-state index is 0.116. The highest BCUT2D eigenvalue weighted by Crippen LogP contribution is 2.29. The average molecular weight is 416 g/mol. The van der Waals surface area contributed by atoms with Crippen LogP contribution in [0.2, 0.25) is 0 Å². The first kappa shape index (κ1) is 18.9. The molecule has 2 aromatic heterocycles. The number of hydrogen-bond acceptors (Lipinski definition) is 7. The largest absolute Gasteiger partial charge is 0.348 e. The quantitative estimate of drug-likeness (QED) is 0.510. The Labute approximate surface area is 170 Å². The molecule has 0 saturated carbocycles. The van der Waals surface area contributed by atoms with E-state index >= 15 is 0 Å². The fraction of sp³-hybridized carbons (Fsp3) is 0.368. The zero-order valence-corrected chi connectivity index (χ0v) is 17.4. The van der Waals surface area contributed by atoms with E-state index in [4.69, 9.17) is 0 Å². The first-order valence-corrected chi connectivity index (χ1v) is 10.9. The molecule has 1 aliphatic rings. The van der Waals surface area contributed by atoms with E-state index in [9.17, 15) is 9.59 Å². The molecule has 0 unspecified atom stereocenters. The van der Waals surface area contributed by atoms with Crippen molar-refractivity contribution in [1.82, 2.24) is 14.5 Å². The van der Waals surface area contributed by atoms with E-state index in [0.29, 0.717) is 15.5 Å². The van der Waals surface area contributed by atoms with Crippen molar-refractivity contribution >= 4 is 50.2 Å². The molecule has 4 rings (SSSR count). The molecule has 7 nitrogen and oxygen atoms in total. The van der Waals surface area contributed by atoms with Crippen LogP contribution in [0, 0.1) is 6.92 Å². The van der Waals surface area contributed by atoms with Crippen molar-refractivity contribution in [3.63, 3.8) is 0 Å². The summed E-state index contributed by atoms with van der Waals surface area (Å²) in [4.78, 5) is 36.3. The van der Waals surface area contributed by atoms with Crippen LogP contribution in [0.5, 0.6) is 0 Å². The summed E-state index contributed by atoms with van der Waals surface area (Å²) in [5.74, 6) is 0.0353. The zero-order chi connectivity index (χ0) is 19.7. The number of amides is 1. The predicted octanol–water partition coefficient (Wildman–Crippen LogP) is 3.03. The SMILES string of the molecule is Cc1ccccc1NC(=O)CSc1nc2nc(N3CCCC3)sc2c(=O)n1C. The van der Waals surface area contributed by atoms with E-state index in [1.165, 1.54) is 27.7 Å². The number of aryl methyl sites for hydroxylation is 1. The van der Waals surface area contributed by atoms with Gasteiger partial charge in [0.2, 0.25) is 5.91 Å². The third-order valence-corrected chi connectivity index (χ3v) is 6.84. The summed E-state index contributed by atoms with van der Waals surface area (Å²) < 4.78 is 2.07. The lowest BCUT2D eigenvalue weighted by Gasteiger charge is -2.11. The van der Waals surface area contributed by atoms with Gasteiger partial charge in [-0.1, -0.05) is 41.3 Å². The summed E-state index contributed by atoms with van der Waals surface area (Å²) in [7, 11) is 1.69. The van der Waals surface area contributed by atoms with Gasteiger partial charge in [-0.05, 0) is 31.4 Å². The Hall–Kier alpha value is -2.39. The number of carbonyl (C=O) groups excluding carboxylic acids is 1. The maximum atomic E-state index is 12.7. The van der Waals surface area contributed by atoms with Gasteiger partial charge in [-0.25, -0.2) is 4.98 Å². The number of carbonyl (C=O) groups is 1. The minimum atomic E-state index is -0.135. The summed E-state index contributed by atoms with van der Waals surface area (Å²) in [6, 6.07) is 7.63. The first-order chi connectivity index (χ1) is 13.5. The standard InChI is InChI=1S/C19H21N5O2S2/c1-12-7-3-4-8-13(12)20-14(25)11-27-18-21-16-15(17(26)23(18)2)28-19(22-16)24-9-5-6-10-24/h3-4,7-8H,5-6,9-11H2,1-2H3,(H,20,25). The lowest BCUT2D eigenvalue weighted by molar-refractivity contribution is -0.113. The molecule has 9 heteroatoms. The molecule has 1 fully saturated rings. The van der Waals surface area contributed by atoms with Crippen LogP contribution in [0.4, 0.5) is 10.8 Å². The van der Waals surface area contributed by atoms with Crippen molar-refractivity contribution in [1.29, 1.82) is 0 Å². The number of thioether (sulfide) groups is 1. The molecule has 0 aliphatic carbocycles. The summed E-state index contributed by atoms with van der Waals surface area (Å²) in [6.45, 7) is 3.89. The van der Waals surface area contributed by atoms with Crippen LogP contribution in [-0.2, 0) is 11.8 Å². The van der Waals surface area contributed by atoms with Gasteiger partial charge < -0.3 is 10.2 Å². The lowest BCUT2D eigenvalue weighted by Crippen LogP contribution is -2.21. The van der Waals surface area contributed by atoms with Crippen LogP contribution < -0.4 is 15.8 Å². The number of nitrogens with one attached hydrogen (secondary N) is 1. The highest BCUT2D eigenvalue weighted by atomic mass is 32.2. The van der Waals surface area contributed by atoms with Crippen molar-refractivity contribution in [2.24, 2.45) is 7.05 Å². The Kier molecular flexibility index (Phi) is 5.36. The van der Waals surface area contributed by atoms with Gasteiger partial charge in [0.15, 0.2) is 15.9 Å². The molecule has 0 radical (unpaired) electrons. The molecule has 3 heterocycles. The minimum Gasteiger partial charge on any atom is -0.348 e. The van der Waals surface area contributed by atoms with Gasteiger partial charge in [-0.2, -0.15) is 4.98 Å². The normalized spacial score (nSPS) is 14.0. The van der Waals surface area contributed by atoms with Crippen molar-refractivity contribution in [3.05, 3.63) is 40.2 Å². The molecular formula is C19H21N5O2S2. The molecule has 1 N–H and O–H groups in total. The Morgan fingerprint density at radius 2 is 2.00 bits per heavy atom. The number of hydrogen-bond donors (Lipinski definition) is 1. The highest BCUT2D eigenvalue weighted by molar-refractivity contribution is 7.99. The van der Waals surface area contributed by atoms with Crippen LogP contribution in [0.3, 0.4) is 0 Å². The van der Waals surface area contributed by atoms with Crippen LogP contribution in [0.15, 0.2) is 34.2 Å². The summed E-state index contributed by atoms with van der Waals surface area (Å²) in [5.41, 5.74) is 2.15. The van der Waals surface area contributed by atoms with E-state index in [1.807, 2.05) is 31.2 Å². The molecule has 0 bridgehead atoms. The number of anilines is 2. The Morgan fingerprint density at radius 1 is 1.25 bits per heavy atom. The van der Waals surface area contributed by atoms with Crippen LogP contribution in [0.1, 0.15) is 18.4 Å². The van der Waals surface area contributed by atoms with E-state index in [0.717, 1.165) is 42.3 Å². The molecule has 146 valence electrons. The number of benzene rings is 1. The Bertz CT molecular complexity index is 1090. The van der Waals surface area contributed by atoms with Gasteiger partial charge in [0.05, 0.1) is 5.75 Å². The highest BCUT2D eigenvalue weighted by Gasteiger charge is 2.20. The van der Waals surface area contributed by atoms with E-state index in [2.05, 4.69) is 20.2 Å². The molecule has 28 heavy (non-hydrogen) atoms. The first-order valence-electron chi connectivity index (χ1n) is 9.14. The fourth-order valence-electron chi connectivity index (χ4n) is 3.12. The van der Waals surface area contributed by atoms with Gasteiger partial charge in [0, 0.05) is 25.8 Å². The van der Waals surface area contributed by atoms with Crippen molar-refractivity contribution < 1.29 is 4.79 Å². The lowest BCUT2D eigenvalue weighted by atomic mass is 10.2. The van der Waals surface area contributed by atoms with E-state index in [-0.39, 0.29) is 17.2 Å². The summed E-state index contributed by atoms with van der Waals surface area (Å²) in [5, 5.41) is 4.25. The molecule has 1 aliphatic heterocycles. The van der Waals surface area contributed by atoms with Crippen molar-refractivity contribution in [3.8, 4) is 0 Å². The van der Waals surface area contributed by atoms with Crippen molar-refractivity contribution in [2.75, 3.05) is 29.1 Å². The van der Waals surface area contributed by atoms with E-state index in [1.54, 1.807) is 7.05 Å². The third-order valence-electron chi connectivity index (χ3n) is 4.71. The maximum absolute atomic E-state index is 12.7. The van der Waals surface area contributed by atoms with Gasteiger partial charge in [-0.15, -0.1) is 0 Å². The topological polar surface area (TPSA) is 80.1 Å². The number of aromatic nitrogens is 3. The second-order valence-electron chi connectivity index (χ2n) is 6.75. The third kappa shape index (κ3) is 3.77. The molecule has 1 saturated heterocycles. The summed E-state index contributed by atoms with van der Waals surface area (Å²) >= 11 is 2.64. The smallest absolute Gasteiger partial charge is 0.273 e. The van der Waals surface area contributed by atoms with Crippen molar-refractivity contribution in [2.45, 2.75) is 24.9 Å². The van der Waals surface area contributed by atoms with Gasteiger partial charge in [0.25, 0.3) is 5.56 Å². The second kappa shape index (κ2) is 7.92. The van der Waals surface area contributed by atoms with Gasteiger partial charge in [0.1, 0.15) is 4.70 Å². The Morgan fingerprint density at radius 3 is 2.75 bits per heavy atom. The van der Waals surface area contributed by atoms with Crippen LogP contribution in [-0.4, -0.2) is 39.3 Å². The number of para-hydroxylation sites is 1. The van der Waals surface area contributed by atoms with Gasteiger partial charge in [-0.3, -0.25) is 14.2 Å². The monoisotopic (exact) mass is 415 g/mol. The molecule has 1 aromatic carbocycles.